The van der Waals surface area contributed by atoms with Gasteiger partial charge in [-0.3, -0.25) is 4.79 Å². The summed E-state index contributed by atoms with van der Waals surface area (Å²) in [5, 5.41) is 2.52. The van der Waals surface area contributed by atoms with E-state index in [0.717, 1.165) is 76.3 Å². The molecule has 2 saturated carbocycles. The first-order chi connectivity index (χ1) is 16.0. The van der Waals surface area contributed by atoms with Crippen molar-refractivity contribution in [2.24, 2.45) is 0 Å². The zero-order valence-electron chi connectivity index (χ0n) is 18.4. The Hall–Kier alpha value is -1.65. The standard InChI is InChI=1S/C24H29F2NO6/c25-14-7-8-16(15(26)13-14)27-21(28)19-17-18(31-23(30-17)9-3-1-4-10-23)20-22(29-19)33-24(32-20)11-5-2-6-12-24/h7-8,13,17-20,22H,1-6,9-12H2,(H,27,28)/t17-,18+,19-,20-,22-/m1/s1. The first-order valence-electron chi connectivity index (χ1n) is 12.1. The maximum atomic E-state index is 14.2. The van der Waals surface area contributed by atoms with Gasteiger partial charge in [-0.15, -0.1) is 0 Å². The van der Waals surface area contributed by atoms with E-state index in [9.17, 15) is 13.6 Å². The van der Waals surface area contributed by atoms with Crippen LogP contribution in [0.5, 0.6) is 0 Å². The van der Waals surface area contributed by atoms with Gasteiger partial charge in [-0.2, -0.15) is 0 Å². The van der Waals surface area contributed by atoms with Gasteiger partial charge < -0.3 is 29.0 Å². The van der Waals surface area contributed by atoms with Crippen LogP contribution in [-0.4, -0.2) is 48.2 Å². The highest BCUT2D eigenvalue weighted by Gasteiger charge is 2.65. The smallest absolute Gasteiger partial charge is 0.256 e. The van der Waals surface area contributed by atoms with Gasteiger partial charge in [0, 0.05) is 31.7 Å². The summed E-state index contributed by atoms with van der Waals surface area (Å²) in [5.74, 6) is -3.65. The highest BCUT2D eigenvalue weighted by atomic mass is 19.1. The van der Waals surface area contributed by atoms with Gasteiger partial charge in [-0.05, 0) is 37.8 Å². The number of nitrogens with one attached hydrogen (secondary N) is 1. The molecule has 0 bridgehead atoms. The summed E-state index contributed by atoms with van der Waals surface area (Å²) in [6, 6.07) is 3.00. The van der Waals surface area contributed by atoms with Crippen molar-refractivity contribution in [3.8, 4) is 0 Å². The molecule has 3 aliphatic heterocycles. The lowest BCUT2D eigenvalue weighted by Gasteiger charge is -2.36. The first-order valence-corrected chi connectivity index (χ1v) is 12.1. The largest absolute Gasteiger partial charge is 0.341 e. The minimum atomic E-state index is -1.08. The Morgan fingerprint density at radius 1 is 0.818 bits per heavy atom. The number of ether oxygens (including phenoxy) is 5. The van der Waals surface area contributed by atoms with E-state index in [-0.39, 0.29) is 5.69 Å². The Kier molecular flexibility index (Phi) is 5.45. The molecule has 2 aliphatic carbocycles. The van der Waals surface area contributed by atoms with E-state index in [1.165, 1.54) is 6.07 Å². The SMILES string of the molecule is O=C(Nc1ccc(F)cc1F)[C@@H]1O[C@@H]2OC3(CCCCC3)O[C@@H]2[C@H]2OC3(CCCCC3)O[C@H]21. The number of hydrogen-bond donors (Lipinski definition) is 1. The third-order valence-corrected chi connectivity index (χ3v) is 7.56. The number of anilines is 1. The molecule has 3 saturated heterocycles. The summed E-state index contributed by atoms with van der Waals surface area (Å²) >= 11 is 0. The molecule has 5 aliphatic rings. The van der Waals surface area contributed by atoms with Crippen LogP contribution in [0.2, 0.25) is 0 Å². The van der Waals surface area contributed by atoms with E-state index in [1.54, 1.807) is 0 Å². The number of carbonyl (C=O) groups excluding carboxylic acids is 1. The summed E-state index contributed by atoms with van der Waals surface area (Å²) in [4.78, 5) is 13.2. The van der Waals surface area contributed by atoms with Crippen LogP contribution in [-0.2, 0) is 28.5 Å². The Morgan fingerprint density at radius 3 is 2.09 bits per heavy atom. The molecule has 9 heteroatoms. The summed E-state index contributed by atoms with van der Waals surface area (Å²) in [5.41, 5.74) is -0.123. The van der Waals surface area contributed by atoms with Gasteiger partial charge in [0.1, 0.15) is 29.9 Å². The second kappa shape index (κ2) is 8.23. The highest BCUT2D eigenvalue weighted by Crippen LogP contribution is 2.51. The number of hydrogen-bond acceptors (Lipinski definition) is 6. The van der Waals surface area contributed by atoms with E-state index in [0.29, 0.717) is 0 Å². The summed E-state index contributed by atoms with van der Waals surface area (Å²) < 4.78 is 59.2. The molecule has 2 spiro atoms. The third kappa shape index (κ3) is 3.87. The molecule has 6 rings (SSSR count). The molecule has 5 atom stereocenters. The van der Waals surface area contributed by atoms with Crippen LogP contribution < -0.4 is 5.32 Å². The minimum absolute atomic E-state index is 0.123. The maximum Gasteiger partial charge on any atom is 0.256 e. The Balaban J connectivity index is 1.28. The van der Waals surface area contributed by atoms with Crippen molar-refractivity contribution >= 4 is 11.6 Å². The van der Waals surface area contributed by atoms with Gasteiger partial charge in [0.25, 0.3) is 5.91 Å². The molecule has 1 amide bonds. The first kappa shape index (κ1) is 21.9. The van der Waals surface area contributed by atoms with Crippen LogP contribution in [0.4, 0.5) is 14.5 Å². The lowest BCUT2D eigenvalue weighted by molar-refractivity contribution is -0.246. The fraction of sp³-hybridized carbons (Fsp3) is 0.708. The summed E-state index contributed by atoms with van der Waals surface area (Å²) in [6.07, 6.45) is 5.63. The van der Waals surface area contributed by atoms with Gasteiger partial charge >= 0.3 is 0 Å². The van der Waals surface area contributed by atoms with Crippen LogP contribution in [0.25, 0.3) is 0 Å². The Bertz CT molecular complexity index is 916. The van der Waals surface area contributed by atoms with Crippen molar-refractivity contribution in [1.29, 1.82) is 0 Å². The van der Waals surface area contributed by atoms with Crippen molar-refractivity contribution in [2.45, 2.75) is 106 Å². The maximum absolute atomic E-state index is 14.2. The average molecular weight is 465 g/mol. The lowest BCUT2D eigenvalue weighted by Crippen LogP contribution is -2.58. The molecule has 1 N–H and O–H groups in total. The minimum Gasteiger partial charge on any atom is -0.341 e. The highest BCUT2D eigenvalue weighted by molar-refractivity contribution is 5.95. The number of amides is 1. The molecule has 7 nitrogen and oxygen atoms in total. The summed E-state index contributed by atoms with van der Waals surface area (Å²) in [7, 11) is 0. The van der Waals surface area contributed by atoms with Crippen molar-refractivity contribution in [2.75, 3.05) is 5.32 Å². The van der Waals surface area contributed by atoms with E-state index >= 15 is 0 Å². The van der Waals surface area contributed by atoms with E-state index in [2.05, 4.69) is 5.32 Å². The molecule has 0 radical (unpaired) electrons. The number of halogens is 2. The third-order valence-electron chi connectivity index (χ3n) is 7.56. The van der Waals surface area contributed by atoms with Crippen LogP contribution in [0.3, 0.4) is 0 Å². The predicted octanol–water partition coefficient (Wildman–Crippen LogP) is 4.15. The van der Waals surface area contributed by atoms with Gasteiger partial charge in [0.15, 0.2) is 24.0 Å². The van der Waals surface area contributed by atoms with E-state index < -0.39 is 59.8 Å². The lowest BCUT2D eigenvalue weighted by atomic mass is 9.94. The van der Waals surface area contributed by atoms with Crippen LogP contribution in [0.1, 0.15) is 64.2 Å². The second-order valence-corrected chi connectivity index (χ2v) is 9.85. The van der Waals surface area contributed by atoms with Gasteiger partial charge in [-0.25, -0.2) is 8.78 Å². The fourth-order valence-corrected chi connectivity index (χ4v) is 5.96. The van der Waals surface area contributed by atoms with Crippen molar-refractivity contribution in [3.05, 3.63) is 29.8 Å². The normalized spacial score (nSPS) is 36.5. The number of rotatable bonds is 2. The van der Waals surface area contributed by atoms with Crippen LogP contribution >= 0.6 is 0 Å². The van der Waals surface area contributed by atoms with Gasteiger partial charge in [0.05, 0.1) is 5.69 Å². The topological polar surface area (TPSA) is 75.3 Å². The predicted molar refractivity (Wildman–Crippen MR) is 111 cm³/mol. The number of benzene rings is 1. The second-order valence-electron chi connectivity index (χ2n) is 9.85. The molecule has 0 unspecified atom stereocenters. The molecule has 1 aromatic rings. The van der Waals surface area contributed by atoms with Crippen molar-refractivity contribution < 1.29 is 37.3 Å². The molecular formula is C24H29F2NO6. The van der Waals surface area contributed by atoms with E-state index in [1.807, 2.05) is 0 Å². The van der Waals surface area contributed by atoms with Crippen molar-refractivity contribution in [1.82, 2.24) is 0 Å². The summed E-state index contributed by atoms with van der Waals surface area (Å²) in [6.45, 7) is 0. The van der Waals surface area contributed by atoms with Crippen LogP contribution in [0.15, 0.2) is 18.2 Å². The molecular weight excluding hydrogens is 436 g/mol. The number of fused-ring (bicyclic) bond motifs is 3. The molecule has 5 fully saturated rings. The van der Waals surface area contributed by atoms with E-state index in [4.69, 9.17) is 23.7 Å². The molecule has 3 heterocycles. The quantitative estimate of drug-likeness (QED) is 0.708. The number of carbonyl (C=O) groups is 1. The molecule has 1 aromatic carbocycles. The van der Waals surface area contributed by atoms with Gasteiger partial charge in [0.2, 0.25) is 0 Å². The molecule has 0 aromatic heterocycles. The fourth-order valence-electron chi connectivity index (χ4n) is 5.96. The Labute approximate surface area is 191 Å². The zero-order chi connectivity index (χ0) is 22.6. The Morgan fingerprint density at radius 2 is 1.42 bits per heavy atom. The zero-order valence-corrected chi connectivity index (χ0v) is 18.4. The van der Waals surface area contributed by atoms with Gasteiger partial charge in [-0.1, -0.05) is 12.8 Å². The molecule has 33 heavy (non-hydrogen) atoms. The molecule has 180 valence electrons. The average Bonchev–Trinajstić information content (AvgIpc) is 3.34. The monoisotopic (exact) mass is 465 g/mol. The van der Waals surface area contributed by atoms with Crippen LogP contribution in [0, 0.1) is 11.6 Å². The van der Waals surface area contributed by atoms with Crippen molar-refractivity contribution in [3.63, 3.8) is 0 Å².